The predicted molar refractivity (Wildman–Crippen MR) is 95.6 cm³/mol. The Balaban J connectivity index is 1.95. The number of esters is 1. The number of carbonyl (C=O) groups is 2. The number of nitro groups is 1. The summed E-state index contributed by atoms with van der Waals surface area (Å²) in [6.45, 7) is 2.96. The summed E-state index contributed by atoms with van der Waals surface area (Å²) in [4.78, 5) is 34.1. The summed E-state index contributed by atoms with van der Waals surface area (Å²) in [5, 5.41) is 13.4. The molecule has 0 heterocycles. The van der Waals surface area contributed by atoms with E-state index in [9.17, 15) is 19.7 Å². The third kappa shape index (κ3) is 4.87. The maximum atomic E-state index is 12.0. The number of nitro benzene ring substituents is 1. The van der Waals surface area contributed by atoms with E-state index in [0.29, 0.717) is 11.3 Å². The van der Waals surface area contributed by atoms with E-state index >= 15 is 0 Å². The summed E-state index contributed by atoms with van der Waals surface area (Å²) >= 11 is 3.37. The van der Waals surface area contributed by atoms with E-state index < -0.39 is 23.4 Å². The van der Waals surface area contributed by atoms with Crippen molar-refractivity contribution in [3.8, 4) is 0 Å². The third-order valence-corrected chi connectivity index (χ3v) is 4.30. The van der Waals surface area contributed by atoms with Crippen molar-refractivity contribution in [2.75, 3.05) is 11.9 Å². The highest BCUT2D eigenvalue weighted by Crippen LogP contribution is 2.20. The molecule has 2 aromatic carbocycles. The lowest BCUT2D eigenvalue weighted by Crippen LogP contribution is -2.21. The molecule has 0 radical (unpaired) electrons. The first-order chi connectivity index (χ1) is 11.8. The van der Waals surface area contributed by atoms with E-state index in [1.54, 1.807) is 18.2 Å². The van der Waals surface area contributed by atoms with E-state index in [1.165, 1.54) is 25.1 Å². The number of halogens is 1. The minimum atomic E-state index is -0.722. The number of rotatable bonds is 5. The largest absolute Gasteiger partial charge is 0.452 e. The van der Waals surface area contributed by atoms with Gasteiger partial charge in [-0.05, 0) is 49.7 Å². The van der Waals surface area contributed by atoms with Gasteiger partial charge in [0.25, 0.3) is 11.6 Å². The van der Waals surface area contributed by atoms with Gasteiger partial charge in [-0.2, -0.15) is 0 Å². The molecule has 0 spiro atoms. The number of anilines is 1. The van der Waals surface area contributed by atoms with Crippen LogP contribution in [0.2, 0.25) is 0 Å². The van der Waals surface area contributed by atoms with Crippen LogP contribution in [0.4, 0.5) is 11.4 Å². The SMILES string of the molecule is Cc1cc(NC(=O)COC(=O)c2ccc([N+](=O)[O-])c(C)c2)ccc1Br. The van der Waals surface area contributed by atoms with Crippen molar-refractivity contribution in [2.45, 2.75) is 13.8 Å². The summed E-state index contributed by atoms with van der Waals surface area (Å²) in [5.74, 6) is -1.20. The van der Waals surface area contributed by atoms with Crippen molar-refractivity contribution in [3.05, 3.63) is 67.7 Å². The fourth-order valence-electron chi connectivity index (χ4n) is 2.12. The number of amides is 1. The molecule has 1 amide bonds. The topological polar surface area (TPSA) is 98.5 Å². The van der Waals surface area contributed by atoms with Gasteiger partial charge in [0.2, 0.25) is 0 Å². The molecule has 8 heteroatoms. The number of benzene rings is 2. The molecule has 0 unspecified atom stereocenters. The Morgan fingerprint density at radius 1 is 1.16 bits per heavy atom. The van der Waals surface area contributed by atoms with Crippen molar-refractivity contribution in [1.29, 1.82) is 0 Å². The van der Waals surface area contributed by atoms with Gasteiger partial charge < -0.3 is 10.1 Å². The molecular formula is C17H15BrN2O5. The minimum Gasteiger partial charge on any atom is -0.452 e. The van der Waals surface area contributed by atoms with Crippen molar-refractivity contribution in [3.63, 3.8) is 0 Å². The zero-order chi connectivity index (χ0) is 18.6. The Hall–Kier alpha value is -2.74. The van der Waals surface area contributed by atoms with Crippen LogP contribution in [-0.2, 0) is 9.53 Å². The Morgan fingerprint density at radius 2 is 1.88 bits per heavy atom. The first-order valence-electron chi connectivity index (χ1n) is 7.26. The predicted octanol–water partition coefficient (Wildman–Crippen LogP) is 3.77. The van der Waals surface area contributed by atoms with Crippen LogP contribution in [0.1, 0.15) is 21.5 Å². The van der Waals surface area contributed by atoms with Crippen LogP contribution in [0.15, 0.2) is 40.9 Å². The summed E-state index contributed by atoms with van der Waals surface area (Å²) in [7, 11) is 0. The number of nitrogens with zero attached hydrogens (tertiary/aromatic N) is 1. The third-order valence-electron chi connectivity index (χ3n) is 3.41. The average molecular weight is 407 g/mol. The molecule has 0 bridgehead atoms. The lowest BCUT2D eigenvalue weighted by atomic mass is 10.1. The number of hydrogen-bond donors (Lipinski definition) is 1. The Bertz CT molecular complexity index is 851. The molecule has 0 aliphatic carbocycles. The van der Waals surface area contributed by atoms with Crippen LogP contribution in [0.3, 0.4) is 0 Å². The number of ether oxygens (including phenoxy) is 1. The van der Waals surface area contributed by atoms with Gasteiger partial charge in [-0.3, -0.25) is 14.9 Å². The van der Waals surface area contributed by atoms with E-state index in [4.69, 9.17) is 4.74 Å². The highest BCUT2D eigenvalue weighted by molar-refractivity contribution is 9.10. The highest BCUT2D eigenvalue weighted by atomic mass is 79.9. The Morgan fingerprint density at radius 3 is 2.48 bits per heavy atom. The second-order valence-corrected chi connectivity index (χ2v) is 6.20. The van der Waals surface area contributed by atoms with Crippen LogP contribution in [0.25, 0.3) is 0 Å². The smallest absolute Gasteiger partial charge is 0.338 e. The van der Waals surface area contributed by atoms with Gasteiger partial charge in [0.05, 0.1) is 10.5 Å². The standard InChI is InChI=1S/C17H15BrN2O5/c1-10-8-13(4-5-14(10)18)19-16(21)9-25-17(22)12-3-6-15(20(23)24)11(2)7-12/h3-8H,9H2,1-2H3,(H,19,21). The van der Waals surface area contributed by atoms with Crippen molar-refractivity contribution in [2.24, 2.45) is 0 Å². The van der Waals surface area contributed by atoms with Gasteiger partial charge in [0.15, 0.2) is 6.61 Å². The van der Waals surface area contributed by atoms with Gasteiger partial charge >= 0.3 is 5.97 Å². The van der Waals surface area contributed by atoms with Crippen LogP contribution in [0, 0.1) is 24.0 Å². The molecule has 7 nitrogen and oxygen atoms in total. The Labute approximate surface area is 152 Å². The van der Waals surface area contributed by atoms with E-state index in [-0.39, 0.29) is 11.3 Å². The van der Waals surface area contributed by atoms with Crippen LogP contribution in [-0.4, -0.2) is 23.4 Å². The Kier molecular flexibility index (Phi) is 5.87. The molecule has 0 atom stereocenters. The van der Waals surface area contributed by atoms with Crippen molar-refractivity contribution < 1.29 is 19.2 Å². The molecule has 2 aromatic rings. The van der Waals surface area contributed by atoms with Crippen molar-refractivity contribution in [1.82, 2.24) is 0 Å². The van der Waals surface area contributed by atoms with Gasteiger partial charge in [0, 0.05) is 21.8 Å². The zero-order valence-electron chi connectivity index (χ0n) is 13.5. The van der Waals surface area contributed by atoms with E-state index in [2.05, 4.69) is 21.2 Å². The summed E-state index contributed by atoms with van der Waals surface area (Å²) in [6, 6.07) is 9.19. The van der Waals surface area contributed by atoms with Gasteiger partial charge in [-0.1, -0.05) is 15.9 Å². The highest BCUT2D eigenvalue weighted by Gasteiger charge is 2.15. The molecule has 130 valence electrons. The molecule has 0 saturated carbocycles. The molecular weight excluding hydrogens is 392 g/mol. The number of hydrogen-bond acceptors (Lipinski definition) is 5. The monoisotopic (exact) mass is 406 g/mol. The molecule has 25 heavy (non-hydrogen) atoms. The normalized spacial score (nSPS) is 10.2. The molecule has 0 saturated heterocycles. The summed E-state index contributed by atoms with van der Waals surface area (Å²) < 4.78 is 5.86. The molecule has 0 fully saturated rings. The van der Waals surface area contributed by atoms with Gasteiger partial charge in [-0.15, -0.1) is 0 Å². The molecule has 0 aliphatic heterocycles. The maximum absolute atomic E-state index is 12.0. The second-order valence-electron chi connectivity index (χ2n) is 5.35. The van der Waals surface area contributed by atoms with Crippen LogP contribution in [0.5, 0.6) is 0 Å². The molecule has 0 aromatic heterocycles. The first kappa shape index (κ1) is 18.6. The van der Waals surface area contributed by atoms with Crippen LogP contribution < -0.4 is 5.32 Å². The molecule has 2 rings (SSSR count). The van der Waals surface area contributed by atoms with Crippen LogP contribution >= 0.6 is 15.9 Å². The second kappa shape index (κ2) is 7.89. The minimum absolute atomic E-state index is 0.0834. The fraction of sp³-hybridized carbons (Fsp3) is 0.176. The quantitative estimate of drug-likeness (QED) is 0.462. The lowest BCUT2D eigenvalue weighted by Gasteiger charge is -2.08. The van der Waals surface area contributed by atoms with Gasteiger partial charge in [-0.25, -0.2) is 4.79 Å². The maximum Gasteiger partial charge on any atom is 0.338 e. The average Bonchev–Trinajstić information content (AvgIpc) is 2.55. The first-order valence-corrected chi connectivity index (χ1v) is 8.05. The van der Waals surface area contributed by atoms with E-state index in [0.717, 1.165) is 10.0 Å². The zero-order valence-corrected chi connectivity index (χ0v) is 15.1. The lowest BCUT2D eigenvalue weighted by molar-refractivity contribution is -0.385. The van der Waals surface area contributed by atoms with E-state index in [1.807, 2.05) is 6.92 Å². The number of carbonyl (C=O) groups excluding carboxylic acids is 2. The molecule has 0 aliphatic rings. The summed E-state index contributed by atoms with van der Waals surface area (Å²) in [5.41, 5.74) is 1.95. The number of nitrogens with one attached hydrogen (secondary N) is 1. The number of aryl methyl sites for hydroxylation is 2. The fourth-order valence-corrected chi connectivity index (χ4v) is 2.37. The molecule has 1 N–H and O–H groups in total. The summed E-state index contributed by atoms with van der Waals surface area (Å²) in [6.07, 6.45) is 0. The van der Waals surface area contributed by atoms with Gasteiger partial charge in [0.1, 0.15) is 0 Å². The van der Waals surface area contributed by atoms with Crippen molar-refractivity contribution >= 4 is 39.2 Å².